The Morgan fingerprint density at radius 1 is 0.925 bits per heavy atom. The van der Waals surface area contributed by atoms with Gasteiger partial charge in [-0.25, -0.2) is 4.79 Å². The van der Waals surface area contributed by atoms with Crippen LogP contribution >= 0.6 is 0 Å². The van der Waals surface area contributed by atoms with Crippen LogP contribution < -0.4 is 4.74 Å². The van der Waals surface area contributed by atoms with Gasteiger partial charge in [-0.15, -0.1) is 0 Å². The number of aliphatic hydroxyl groups excluding tert-OH is 1. The number of hydrogen-bond donors (Lipinski definition) is 2. The van der Waals surface area contributed by atoms with Gasteiger partial charge in [0.1, 0.15) is 23.7 Å². The molecule has 3 aromatic carbocycles. The third kappa shape index (κ3) is 8.70. The van der Waals surface area contributed by atoms with Crippen LogP contribution in [0.1, 0.15) is 46.0 Å². The van der Waals surface area contributed by atoms with Crippen molar-refractivity contribution in [2.75, 3.05) is 26.7 Å². The zero-order chi connectivity index (χ0) is 28.2. The van der Waals surface area contributed by atoms with Crippen LogP contribution in [0.2, 0.25) is 0 Å². The number of carbonyl (C=O) groups is 1. The molecule has 0 heterocycles. The molecule has 4 rings (SSSR count). The van der Waals surface area contributed by atoms with Crippen LogP contribution in [-0.4, -0.2) is 47.8 Å². The highest BCUT2D eigenvalue weighted by Crippen LogP contribution is 2.26. The maximum absolute atomic E-state index is 12.6. The highest BCUT2D eigenvalue weighted by molar-refractivity contribution is 5.92. The minimum Gasteiger partial charge on any atom is -0.508 e. The molecule has 6 heteroatoms. The Hall–Kier alpha value is -4.13. The summed E-state index contributed by atoms with van der Waals surface area (Å²) in [5.74, 6) is 0.148. The molecule has 0 aromatic heterocycles. The second-order valence-corrected chi connectivity index (χ2v) is 9.85. The van der Waals surface area contributed by atoms with Crippen molar-refractivity contribution >= 4 is 5.97 Å². The number of aliphatic hydroxyl groups is 1. The van der Waals surface area contributed by atoms with Crippen LogP contribution in [0.15, 0.2) is 109 Å². The van der Waals surface area contributed by atoms with Gasteiger partial charge in [-0.1, -0.05) is 84.5 Å². The zero-order valence-electron chi connectivity index (χ0n) is 22.9. The van der Waals surface area contributed by atoms with Crippen molar-refractivity contribution in [2.24, 2.45) is 0 Å². The number of phenols is 1. The van der Waals surface area contributed by atoms with Crippen LogP contribution in [0.25, 0.3) is 0 Å². The molecule has 0 unspecified atom stereocenters. The molecule has 0 saturated carbocycles. The Labute approximate surface area is 236 Å². The zero-order valence-corrected chi connectivity index (χ0v) is 22.9. The van der Waals surface area contributed by atoms with Gasteiger partial charge in [0, 0.05) is 19.6 Å². The van der Waals surface area contributed by atoms with Crippen molar-refractivity contribution in [1.29, 1.82) is 0 Å². The molecule has 1 aliphatic rings. The van der Waals surface area contributed by atoms with Gasteiger partial charge in [0.25, 0.3) is 0 Å². The molecule has 0 bridgehead atoms. The van der Waals surface area contributed by atoms with E-state index < -0.39 is 12.1 Å². The van der Waals surface area contributed by atoms with Gasteiger partial charge in [0.05, 0.1) is 13.2 Å². The highest BCUT2D eigenvalue weighted by Gasteiger charge is 2.20. The van der Waals surface area contributed by atoms with Crippen molar-refractivity contribution in [3.05, 3.63) is 131 Å². The fourth-order valence-electron chi connectivity index (χ4n) is 4.59. The molecule has 40 heavy (non-hydrogen) atoms. The quantitative estimate of drug-likeness (QED) is 0.253. The average molecular weight is 540 g/mol. The van der Waals surface area contributed by atoms with Gasteiger partial charge in [-0.05, 0) is 60.2 Å². The molecule has 0 saturated heterocycles. The molecule has 208 valence electrons. The minimum atomic E-state index is -0.811. The van der Waals surface area contributed by atoms with E-state index in [1.165, 1.54) is 12.7 Å². The van der Waals surface area contributed by atoms with E-state index in [-0.39, 0.29) is 11.3 Å². The summed E-state index contributed by atoms with van der Waals surface area (Å²) < 4.78 is 11.0. The van der Waals surface area contributed by atoms with Gasteiger partial charge in [0.2, 0.25) is 0 Å². The van der Waals surface area contributed by atoms with E-state index in [9.17, 15) is 15.0 Å². The first kappa shape index (κ1) is 28.9. The van der Waals surface area contributed by atoms with Crippen molar-refractivity contribution in [3.8, 4) is 11.5 Å². The standard InChI is InChI=1S/C34H37NO5/c1-39-34(38)31-23-29(15-18-33(31)40-25-28-11-7-4-8-12-28)32(37)24-35(21-19-26-9-5-2-3-6-10-26)22-20-27-13-16-30(36)17-14-27/h2-9,11-18,23,32,36-37H,10,19-22,24-25H2,1H3/t32-/m0/s1. The maximum atomic E-state index is 12.6. The number of methoxy groups -OCH3 is 1. The molecule has 0 fully saturated rings. The summed E-state index contributed by atoms with van der Waals surface area (Å²) in [6.45, 7) is 2.24. The Kier molecular flexibility index (Phi) is 10.7. The van der Waals surface area contributed by atoms with Crippen molar-refractivity contribution < 1.29 is 24.5 Å². The molecule has 2 N–H and O–H groups in total. The molecule has 0 aliphatic heterocycles. The number of ether oxygens (including phenoxy) is 2. The van der Waals surface area contributed by atoms with Crippen LogP contribution in [0, 0.1) is 0 Å². The smallest absolute Gasteiger partial charge is 0.341 e. The number of benzene rings is 3. The van der Waals surface area contributed by atoms with Gasteiger partial charge in [-0.3, -0.25) is 4.90 Å². The van der Waals surface area contributed by atoms with Crippen LogP contribution in [0.3, 0.4) is 0 Å². The summed E-state index contributed by atoms with van der Waals surface area (Å²) in [6, 6.07) is 22.2. The molecule has 1 aliphatic carbocycles. The minimum absolute atomic E-state index is 0.245. The van der Waals surface area contributed by atoms with E-state index in [2.05, 4.69) is 29.2 Å². The van der Waals surface area contributed by atoms with E-state index in [1.807, 2.05) is 48.5 Å². The summed E-state index contributed by atoms with van der Waals surface area (Å²) in [7, 11) is 1.34. The monoisotopic (exact) mass is 539 g/mol. The number of hydrogen-bond acceptors (Lipinski definition) is 6. The lowest BCUT2D eigenvalue weighted by atomic mass is 10.0. The third-order valence-corrected chi connectivity index (χ3v) is 6.93. The SMILES string of the molecule is COC(=O)c1cc([C@@H](O)CN(CCC2=CC=CC=CC2)CCc2ccc(O)cc2)ccc1OCc1ccccc1. The Morgan fingerprint density at radius 2 is 1.70 bits per heavy atom. The number of aromatic hydroxyl groups is 1. The van der Waals surface area contributed by atoms with Crippen molar-refractivity contribution in [1.82, 2.24) is 4.90 Å². The highest BCUT2D eigenvalue weighted by atomic mass is 16.5. The molecule has 3 aromatic rings. The van der Waals surface area contributed by atoms with Gasteiger partial charge >= 0.3 is 5.97 Å². The van der Waals surface area contributed by atoms with Gasteiger partial charge < -0.3 is 19.7 Å². The Morgan fingerprint density at radius 3 is 2.48 bits per heavy atom. The van der Waals surface area contributed by atoms with Crippen LogP contribution in [0.5, 0.6) is 11.5 Å². The van der Waals surface area contributed by atoms with Crippen LogP contribution in [-0.2, 0) is 17.8 Å². The normalized spacial score (nSPS) is 13.5. The topological polar surface area (TPSA) is 79.2 Å². The number of carbonyl (C=O) groups excluding carboxylic acids is 1. The molecule has 6 nitrogen and oxygen atoms in total. The summed E-state index contributed by atoms with van der Waals surface area (Å²) in [5, 5.41) is 20.9. The molecule has 0 amide bonds. The largest absolute Gasteiger partial charge is 0.508 e. The molecular weight excluding hydrogens is 502 g/mol. The summed E-state index contributed by atoms with van der Waals surface area (Å²) >= 11 is 0. The fraction of sp³-hybridized carbons (Fsp3) is 0.265. The van der Waals surface area contributed by atoms with Gasteiger partial charge in [0.15, 0.2) is 0 Å². The first-order chi connectivity index (χ1) is 19.5. The van der Waals surface area contributed by atoms with E-state index in [4.69, 9.17) is 9.47 Å². The van der Waals surface area contributed by atoms with Crippen molar-refractivity contribution in [2.45, 2.75) is 32.0 Å². The first-order valence-electron chi connectivity index (χ1n) is 13.6. The van der Waals surface area contributed by atoms with Crippen LogP contribution in [0.4, 0.5) is 0 Å². The molecule has 0 spiro atoms. The lowest BCUT2D eigenvalue weighted by Crippen LogP contribution is -2.32. The molecular formula is C34H37NO5. The predicted molar refractivity (Wildman–Crippen MR) is 157 cm³/mol. The third-order valence-electron chi connectivity index (χ3n) is 6.93. The lowest BCUT2D eigenvalue weighted by molar-refractivity contribution is 0.0594. The predicted octanol–water partition coefficient (Wildman–Crippen LogP) is 6.17. The maximum Gasteiger partial charge on any atom is 0.341 e. The second-order valence-electron chi connectivity index (χ2n) is 9.85. The van der Waals surface area contributed by atoms with E-state index in [0.717, 1.165) is 43.5 Å². The van der Waals surface area contributed by atoms with Gasteiger partial charge in [-0.2, -0.15) is 0 Å². The first-order valence-corrected chi connectivity index (χ1v) is 13.6. The van der Waals surface area contributed by atoms with Crippen molar-refractivity contribution in [3.63, 3.8) is 0 Å². The number of phenolic OH excluding ortho intramolecular Hbond substituents is 1. The number of nitrogens with zero attached hydrogens (tertiary/aromatic N) is 1. The summed E-state index contributed by atoms with van der Waals surface area (Å²) in [5.41, 5.74) is 4.35. The second kappa shape index (κ2) is 14.9. The average Bonchev–Trinajstić information content (AvgIpc) is 3.27. The fourth-order valence-corrected chi connectivity index (χ4v) is 4.59. The Bertz CT molecular complexity index is 1330. The summed E-state index contributed by atoms with van der Waals surface area (Å²) in [4.78, 5) is 14.8. The van der Waals surface area contributed by atoms with E-state index in [0.29, 0.717) is 24.5 Å². The van der Waals surface area contributed by atoms with E-state index in [1.54, 1.807) is 30.3 Å². The number of allylic oxidation sites excluding steroid dienone is 5. The molecule has 1 atom stereocenters. The Balaban J connectivity index is 1.47. The number of esters is 1. The molecule has 0 radical (unpaired) electrons. The summed E-state index contributed by atoms with van der Waals surface area (Å²) in [6.07, 6.45) is 12.2. The lowest BCUT2D eigenvalue weighted by Gasteiger charge is -2.26. The van der Waals surface area contributed by atoms with E-state index >= 15 is 0 Å². The number of rotatable bonds is 13.